The van der Waals surface area contributed by atoms with Crippen molar-refractivity contribution in [3.05, 3.63) is 0 Å². The van der Waals surface area contributed by atoms with Crippen molar-refractivity contribution >= 4 is 5.91 Å². The highest BCUT2D eigenvalue weighted by molar-refractivity contribution is 5.78. The van der Waals surface area contributed by atoms with Gasteiger partial charge in [0.15, 0.2) is 6.10 Å². The number of alkyl halides is 3. The molecular formula is C12H21F3N2O2. The van der Waals surface area contributed by atoms with E-state index in [1.54, 1.807) is 4.90 Å². The molecule has 1 heterocycles. The summed E-state index contributed by atoms with van der Waals surface area (Å²) in [6.45, 7) is 2.70. The van der Waals surface area contributed by atoms with E-state index in [0.717, 1.165) is 12.8 Å². The van der Waals surface area contributed by atoms with Crippen molar-refractivity contribution in [1.82, 2.24) is 9.80 Å². The number of halogens is 3. The van der Waals surface area contributed by atoms with E-state index < -0.39 is 18.8 Å². The summed E-state index contributed by atoms with van der Waals surface area (Å²) in [4.78, 5) is 14.8. The molecule has 0 bridgehead atoms. The fourth-order valence-electron chi connectivity index (χ4n) is 2.21. The Bertz CT molecular complexity index is 310. The molecule has 1 amide bonds. The van der Waals surface area contributed by atoms with Crippen molar-refractivity contribution in [2.24, 2.45) is 5.92 Å². The number of likely N-dealkylation sites (tertiary alicyclic amines) is 1. The second-order valence-electron chi connectivity index (χ2n) is 5.34. The van der Waals surface area contributed by atoms with E-state index in [1.165, 1.54) is 11.9 Å². The van der Waals surface area contributed by atoms with Crippen LogP contribution in [0.1, 0.15) is 19.8 Å². The van der Waals surface area contributed by atoms with Gasteiger partial charge in [-0.1, -0.05) is 6.92 Å². The van der Waals surface area contributed by atoms with Gasteiger partial charge in [-0.2, -0.15) is 13.2 Å². The lowest BCUT2D eigenvalue weighted by molar-refractivity contribution is -0.207. The highest BCUT2D eigenvalue weighted by atomic mass is 19.4. The molecule has 1 aliphatic rings. The van der Waals surface area contributed by atoms with Crippen LogP contribution < -0.4 is 0 Å². The third kappa shape index (κ3) is 5.36. The summed E-state index contributed by atoms with van der Waals surface area (Å²) in [5.41, 5.74) is 0. The number of aliphatic hydroxyl groups is 1. The van der Waals surface area contributed by atoms with Crippen LogP contribution in [0.4, 0.5) is 13.2 Å². The molecule has 1 aliphatic heterocycles. The van der Waals surface area contributed by atoms with E-state index in [1.807, 2.05) is 0 Å². The molecule has 4 nitrogen and oxygen atoms in total. The van der Waals surface area contributed by atoms with Gasteiger partial charge in [0, 0.05) is 19.6 Å². The second-order valence-corrected chi connectivity index (χ2v) is 5.34. The number of nitrogens with zero attached hydrogens (tertiary/aromatic N) is 2. The largest absolute Gasteiger partial charge is 0.415 e. The minimum atomic E-state index is -4.64. The molecule has 2 unspecified atom stereocenters. The Kier molecular flexibility index (Phi) is 5.61. The quantitative estimate of drug-likeness (QED) is 0.840. The van der Waals surface area contributed by atoms with Crippen LogP contribution in [0.25, 0.3) is 0 Å². The van der Waals surface area contributed by atoms with Crippen LogP contribution in [0.3, 0.4) is 0 Å². The lowest BCUT2D eigenvalue weighted by Gasteiger charge is -2.32. The number of rotatable bonds is 4. The SMILES string of the molecule is CC1CCCN(C(=O)CN(C)CC(O)C(F)(F)F)C1. The van der Waals surface area contributed by atoms with E-state index in [2.05, 4.69) is 6.92 Å². The monoisotopic (exact) mass is 282 g/mol. The Morgan fingerprint density at radius 2 is 2.16 bits per heavy atom. The number of aliphatic hydroxyl groups excluding tert-OH is 1. The first-order valence-electron chi connectivity index (χ1n) is 6.41. The molecule has 1 saturated heterocycles. The van der Waals surface area contributed by atoms with Crippen LogP contribution in [-0.2, 0) is 4.79 Å². The predicted molar refractivity (Wildman–Crippen MR) is 64.5 cm³/mol. The van der Waals surface area contributed by atoms with Crippen LogP contribution in [0.15, 0.2) is 0 Å². The van der Waals surface area contributed by atoms with Crippen molar-refractivity contribution < 1.29 is 23.1 Å². The minimum Gasteiger partial charge on any atom is -0.382 e. The summed E-state index contributed by atoms with van der Waals surface area (Å²) in [6, 6.07) is 0. The first kappa shape index (κ1) is 16.2. The van der Waals surface area contributed by atoms with Crippen molar-refractivity contribution in [3.63, 3.8) is 0 Å². The Morgan fingerprint density at radius 3 is 2.68 bits per heavy atom. The fraction of sp³-hybridized carbons (Fsp3) is 0.917. The molecule has 0 aromatic rings. The van der Waals surface area contributed by atoms with Gasteiger partial charge in [0.2, 0.25) is 5.91 Å². The summed E-state index contributed by atoms with van der Waals surface area (Å²) >= 11 is 0. The summed E-state index contributed by atoms with van der Waals surface area (Å²) in [5.74, 6) is 0.257. The van der Waals surface area contributed by atoms with Crippen molar-refractivity contribution in [2.45, 2.75) is 32.0 Å². The van der Waals surface area contributed by atoms with Crippen LogP contribution in [0, 0.1) is 5.92 Å². The third-order valence-corrected chi connectivity index (χ3v) is 3.28. The standard InChI is InChI=1S/C12H21F3N2O2/c1-9-4-3-5-17(6-9)11(19)8-16(2)7-10(18)12(13,14)15/h9-10,18H,3-8H2,1-2H3. The molecule has 0 aliphatic carbocycles. The van der Waals surface area contributed by atoms with Gasteiger partial charge in [-0.3, -0.25) is 9.69 Å². The highest BCUT2D eigenvalue weighted by Crippen LogP contribution is 2.20. The average Bonchev–Trinajstić information content (AvgIpc) is 2.27. The molecule has 1 fully saturated rings. The zero-order chi connectivity index (χ0) is 14.6. The molecule has 0 saturated carbocycles. The van der Waals surface area contributed by atoms with Gasteiger partial charge in [-0.15, -0.1) is 0 Å². The lowest BCUT2D eigenvalue weighted by Crippen LogP contribution is -2.46. The molecular weight excluding hydrogens is 261 g/mol. The summed E-state index contributed by atoms with van der Waals surface area (Å²) in [6.07, 6.45) is -5.05. The number of piperidine rings is 1. The van der Waals surface area contributed by atoms with Crippen LogP contribution in [0.5, 0.6) is 0 Å². The minimum absolute atomic E-state index is 0.0974. The van der Waals surface area contributed by atoms with Gasteiger partial charge >= 0.3 is 6.18 Å². The molecule has 7 heteroatoms. The second kappa shape index (κ2) is 6.56. The summed E-state index contributed by atoms with van der Waals surface area (Å²) in [7, 11) is 1.40. The van der Waals surface area contributed by atoms with Gasteiger partial charge in [-0.05, 0) is 25.8 Å². The van der Waals surface area contributed by atoms with Crippen LogP contribution >= 0.6 is 0 Å². The van der Waals surface area contributed by atoms with E-state index in [-0.39, 0.29) is 12.5 Å². The number of carbonyl (C=O) groups is 1. The zero-order valence-electron chi connectivity index (χ0n) is 11.3. The number of amides is 1. The fourth-order valence-corrected chi connectivity index (χ4v) is 2.21. The normalized spacial score (nSPS) is 22.7. The highest BCUT2D eigenvalue weighted by Gasteiger charge is 2.39. The number of hydrogen-bond donors (Lipinski definition) is 1. The van der Waals surface area contributed by atoms with E-state index in [4.69, 9.17) is 5.11 Å². The number of likely N-dealkylation sites (N-methyl/N-ethyl adjacent to an activating group) is 1. The Labute approximate surface area is 111 Å². The van der Waals surface area contributed by atoms with Crippen LogP contribution in [-0.4, -0.2) is 66.3 Å². The smallest absolute Gasteiger partial charge is 0.382 e. The van der Waals surface area contributed by atoms with Gasteiger partial charge in [-0.25, -0.2) is 0 Å². The maximum Gasteiger partial charge on any atom is 0.415 e. The molecule has 112 valence electrons. The van der Waals surface area contributed by atoms with Crippen molar-refractivity contribution in [3.8, 4) is 0 Å². The third-order valence-electron chi connectivity index (χ3n) is 3.28. The topological polar surface area (TPSA) is 43.8 Å². The van der Waals surface area contributed by atoms with Crippen molar-refractivity contribution in [1.29, 1.82) is 0 Å². The zero-order valence-corrected chi connectivity index (χ0v) is 11.3. The molecule has 2 atom stereocenters. The molecule has 0 aromatic carbocycles. The maximum atomic E-state index is 12.2. The molecule has 1 N–H and O–H groups in total. The van der Waals surface area contributed by atoms with E-state index >= 15 is 0 Å². The Balaban J connectivity index is 2.39. The first-order chi connectivity index (χ1) is 8.70. The van der Waals surface area contributed by atoms with Crippen molar-refractivity contribution in [2.75, 3.05) is 33.2 Å². The predicted octanol–water partition coefficient (Wildman–Crippen LogP) is 1.10. The average molecular weight is 282 g/mol. The number of carbonyl (C=O) groups excluding carboxylic acids is 1. The van der Waals surface area contributed by atoms with Crippen LogP contribution in [0.2, 0.25) is 0 Å². The maximum absolute atomic E-state index is 12.2. The van der Waals surface area contributed by atoms with E-state index in [9.17, 15) is 18.0 Å². The number of hydrogen-bond acceptors (Lipinski definition) is 3. The molecule has 19 heavy (non-hydrogen) atoms. The summed E-state index contributed by atoms with van der Waals surface area (Å²) < 4.78 is 36.5. The Hall–Kier alpha value is -0.820. The Morgan fingerprint density at radius 1 is 1.53 bits per heavy atom. The molecule has 0 radical (unpaired) electrons. The molecule has 1 rings (SSSR count). The van der Waals surface area contributed by atoms with Gasteiger partial charge in [0.1, 0.15) is 0 Å². The van der Waals surface area contributed by atoms with Gasteiger partial charge in [0.05, 0.1) is 6.54 Å². The van der Waals surface area contributed by atoms with Gasteiger partial charge in [0.25, 0.3) is 0 Å². The summed E-state index contributed by atoms with van der Waals surface area (Å²) in [5, 5.41) is 8.93. The van der Waals surface area contributed by atoms with E-state index in [0.29, 0.717) is 19.0 Å². The lowest BCUT2D eigenvalue weighted by atomic mass is 10.0. The van der Waals surface area contributed by atoms with Gasteiger partial charge < -0.3 is 10.0 Å². The molecule has 0 spiro atoms. The molecule has 0 aromatic heterocycles. The first-order valence-corrected chi connectivity index (χ1v) is 6.41.